The van der Waals surface area contributed by atoms with Crippen molar-refractivity contribution in [1.82, 2.24) is 4.90 Å². The lowest BCUT2D eigenvalue weighted by molar-refractivity contribution is -0.148. The Morgan fingerprint density at radius 1 is 0.909 bits per heavy atom. The van der Waals surface area contributed by atoms with E-state index in [4.69, 9.17) is 27.9 Å². The molecule has 6 nitrogen and oxygen atoms in total. The van der Waals surface area contributed by atoms with Crippen LogP contribution in [0.5, 0.6) is 5.75 Å². The van der Waals surface area contributed by atoms with Crippen molar-refractivity contribution < 1.29 is 19.1 Å². The number of carbonyl (C=O) groups is 3. The van der Waals surface area contributed by atoms with Gasteiger partial charge in [-0.1, -0.05) is 71.7 Å². The molecule has 2 aliphatic heterocycles. The van der Waals surface area contributed by atoms with Gasteiger partial charge in [0.05, 0.1) is 21.3 Å². The van der Waals surface area contributed by atoms with Gasteiger partial charge < -0.3 is 9.64 Å². The van der Waals surface area contributed by atoms with Crippen LogP contribution in [0.4, 0.5) is 5.69 Å². The van der Waals surface area contributed by atoms with Crippen LogP contribution >= 0.6 is 23.2 Å². The lowest BCUT2D eigenvalue weighted by Crippen LogP contribution is -2.68. The number of nitrogens with zero attached hydrogens (tertiary/aromatic N) is 2. The molecule has 2 heterocycles. The lowest BCUT2D eigenvalue weighted by Gasteiger charge is -2.48. The fourth-order valence-electron chi connectivity index (χ4n) is 4.49. The molecule has 3 aromatic carbocycles. The Morgan fingerprint density at radius 3 is 2.30 bits per heavy atom. The van der Waals surface area contributed by atoms with Crippen molar-refractivity contribution in [2.45, 2.75) is 25.0 Å². The smallest absolute Gasteiger partial charge is 0.359 e. The van der Waals surface area contributed by atoms with Gasteiger partial charge in [0.1, 0.15) is 0 Å². The molecule has 5 rings (SSSR count). The van der Waals surface area contributed by atoms with E-state index in [1.54, 1.807) is 42.5 Å². The highest BCUT2D eigenvalue weighted by molar-refractivity contribution is 6.37. The number of halogens is 2. The van der Waals surface area contributed by atoms with Gasteiger partial charge in [-0.3, -0.25) is 14.5 Å². The van der Waals surface area contributed by atoms with E-state index in [-0.39, 0.29) is 47.0 Å². The molecule has 8 heteroatoms. The molecule has 0 saturated carbocycles. The Kier molecular flexibility index (Phi) is 5.35. The van der Waals surface area contributed by atoms with Crippen molar-refractivity contribution in [3.05, 3.63) is 94.0 Å². The second-order valence-electron chi connectivity index (χ2n) is 7.88. The quantitative estimate of drug-likeness (QED) is 0.385. The highest BCUT2D eigenvalue weighted by Crippen LogP contribution is 2.46. The van der Waals surface area contributed by atoms with E-state index >= 15 is 0 Å². The normalized spacial score (nSPS) is 19.3. The van der Waals surface area contributed by atoms with Gasteiger partial charge >= 0.3 is 5.97 Å². The van der Waals surface area contributed by atoms with Crippen LogP contribution in [-0.2, 0) is 16.1 Å². The number of ether oxygens (including phenoxy) is 1. The predicted octanol–water partition coefficient (Wildman–Crippen LogP) is 5.08. The third-order valence-electron chi connectivity index (χ3n) is 6.00. The second-order valence-corrected chi connectivity index (χ2v) is 8.69. The highest BCUT2D eigenvalue weighted by atomic mass is 35.5. The van der Waals surface area contributed by atoms with Gasteiger partial charge in [-0.25, -0.2) is 4.79 Å². The third kappa shape index (κ3) is 3.37. The van der Waals surface area contributed by atoms with Crippen LogP contribution in [0.15, 0.2) is 72.8 Å². The number of esters is 1. The van der Waals surface area contributed by atoms with E-state index in [0.717, 1.165) is 5.56 Å². The summed E-state index contributed by atoms with van der Waals surface area (Å²) in [5.74, 6) is -1.43. The van der Waals surface area contributed by atoms with E-state index in [1.807, 2.05) is 30.3 Å². The molecule has 0 bridgehead atoms. The second kappa shape index (κ2) is 8.21. The van der Waals surface area contributed by atoms with Crippen LogP contribution in [0.25, 0.3) is 0 Å². The fraction of sp³-hybridized carbons (Fsp3) is 0.160. The molecule has 3 aromatic rings. The molecule has 33 heavy (non-hydrogen) atoms. The minimum Gasteiger partial charge on any atom is -0.420 e. The molecule has 0 aromatic heterocycles. The van der Waals surface area contributed by atoms with E-state index in [2.05, 4.69) is 0 Å². The average molecular weight is 481 g/mol. The Hall–Kier alpha value is -3.35. The van der Waals surface area contributed by atoms with Crippen LogP contribution in [0.1, 0.15) is 28.8 Å². The summed E-state index contributed by atoms with van der Waals surface area (Å²) < 4.78 is 5.71. The summed E-state index contributed by atoms with van der Waals surface area (Å²) in [4.78, 5) is 43.5. The first-order valence-electron chi connectivity index (χ1n) is 10.4. The summed E-state index contributed by atoms with van der Waals surface area (Å²) >= 11 is 12.5. The van der Waals surface area contributed by atoms with Gasteiger partial charge in [0.25, 0.3) is 5.91 Å². The summed E-state index contributed by atoms with van der Waals surface area (Å²) in [5.41, 5.74) is -0.118. The SMILES string of the molecule is O=C1c2ccccc2N2C(=O)CC[C@@]2(C(=O)Oc2c(Cl)cccc2Cl)N1Cc1ccccc1. The number of para-hydroxylation sites is 2. The van der Waals surface area contributed by atoms with Gasteiger partial charge in [-0.05, 0) is 29.8 Å². The van der Waals surface area contributed by atoms with Crippen LogP contribution in [0, 0.1) is 0 Å². The molecule has 2 aliphatic rings. The van der Waals surface area contributed by atoms with E-state index in [9.17, 15) is 14.4 Å². The molecule has 0 unspecified atom stereocenters. The van der Waals surface area contributed by atoms with Crippen LogP contribution < -0.4 is 9.64 Å². The Bertz CT molecular complexity index is 1260. The molecule has 0 spiro atoms. The first-order valence-corrected chi connectivity index (χ1v) is 11.1. The summed E-state index contributed by atoms with van der Waals surface area (Å²) in [6.07, 6.45) is 0.165. The topological polar surface area (TPSA) is 66.9 Å². The zero-order valence-corrected chi connectivity index (χ0v) is 18.8. The Balaban J connectivity index is 1.67. The maximum Gasteiger partial charge on any atom is 0.359 e. The van der Waals surface area contributed by atoms with Gasteiger partial charge in [-0.2, -0.15) is 0 Å². The lowest BCUT2D eigenvalue weighted by atomic mass is 9.95. The molecule has 1 fully saturated rings. The molecular weight excluding hydrogens is 463 g/mol. The minimum atomic E-state index is -1.67. The molecule has 1 saturated heterocycles. The number of rotatable bonds is 4. The van der Waals surface area contributed by atoms with E-state index in [0.29, 0.717) is 11.3 Å². The molecule has 0 aliphatic carbocycles. The summed E-state index contributed by atoms with van der Waals surface area (Å²) in [6.45, 7) is 0.114. The maximum absolute atomic E-state index is 13.8. The number of hydrogen-bond donors (Lipinski definition) is 0. The summed E-state index contributed by atoms with van der Waals surface area (Å²) in [7, 11) is 0. The van der Waals surface area contributed by atoms with Gasteiger partial charge in [0.2, 0.25) is 11.6 Å². The fourth-order valence-corrected chi connectivity index (χ4v) is 4.96. The number of anilines is 1. The third-order valence-corrected chi connectivity index (χ3v) is 6.59. The molecule has 0 radical (unpaired) electrons. The van der Waals surface area contributed by atoms with Crippen molar-refractivity contribution in [2.24, 2.45) is 0 Å². The van der Waals surface area contributed by atoms with E-state index < -0.39 is 11.6 Å². The van der Waals surface area contributed by atoms with Crippen molar-refractivity contribution in [1.29, 1.82) is 0 Å². The largest absolute Gasteiger partial charge is 0.420 e. The van der Waals surface area contributed by atoms with Crippen molar-refractivity contribution >= 4 is 46.7 Å². The molecule has 166 valence electrons. The van der Waals surface area contributed by atoms with Gasteiger partial charge in [-0.15, -0.1) is 0 Å². The first-order chi connectivity index (χ1) is 15.9. The molecule has 1 atom stereocenters. The van der Waals surface area contributed by atoms with Crippen molar-refractivity contribution in [2.75, 3.05) is 4.90 Å². The average Bonchev–Trinajstić information content (AvgIpc) is 3.18. The maximum atomic E-state index is 13.8. The minimum absolute atomic E-state index is 0.00882. The van der Waals surface area contributed by atoms with Crippen molar-refractivity contribution in [3.8, 4) is 5.75 Å². The standard InChI is InChI=1S/C25H18Cl2N2O4/c26-18-10-6-11-19(27)22(18)33-24(32)25-14-13-21(30)29(25)20-12-5-4-9-17(20)23(31)28(25)15-16-7-2-1-3-8-16/h1-12H,13-15H2/t25-/m1/s1. The Morgan fingerprint density at radius 2 is 1.58 bits per heavy atom. The van der Waals surface area contributed by atoms with Gasteiger partial charge in [0, 0.05) is 19.4 Å². The van der Waals surface area contributed by atoms with Crippen LogP contribution in [0.2, 0.25) is 10.0 Å². The highest BCUT2D eigenvalue weighted by Gasteiger charge is 2.62. The predicted molar refractivity (Wildman–Crippen MR) is 124 cm³/mol. The molecule has 2 amide bonds. The molecular formula is C25H18Cl2N2O4. The Labute approximate surface area is 200 Å². The van der Waals surface area contributed by atoms with Gasteiger partial charge in [0.15, 0.2) is 5.75 Å². The van der Waals surface area contributed by atoms with E-state index in [1.165, 1.54) is 9.80 Å². The zero-order chi connectivity index (χ0) is 23.2. The van der Waals surface area contributed by atoms with Crippen LogP contribution in [0.3, 0.4) is 0 Å². The summed E-state index contributed by atoms with van der Waals surface area (Å²) in [5, 5.41) is 0.306. The van der Waals surface area contributed by atoms with Crippen molar-refractivity contribution in [3.63, 3.8) is 0 Å². The zero-order valence-electron chi connectivity index (χ0n) is 17.3. The first kappa shape index (κ1) is 21.5. The summed E-state index contributed by atoms with van der Waals surface area (Å²) in [6, 6.07) is 20.8. The molecule has 0 N–H and O–H groups in total. The number of hydrogen-bond acceptors (Lipinski definition) is 4. The van der Waals surface area contributed by atoms with Crippen LogP contribution in [-0.4, -0.2) is 28.3 Å². The number of carbonyl (C=O) groups excluding carboxylic acids is 3. The number of amides is 2. The number of fused-ring (bicyclic) bond motifs is 3. The number of benzene rings is 3. The monoisotopic (exact) mass is 480 g/mol.